The van der Waals surface area contributed by atoms with E-state index in [9.17, 15) is 8.42 Å². The van der Waals surface area contributed by atoms with Gasteiger partial charge >= 0.3 is 0 Å². The number of nitrogens with one attached hydrogen (secondary N) is 1. The Labute approximate surface area is 129 Å². The number of fused-ring (bicyclic) bond motifs is 1. The molecule has 2 aromatic rings. The maximum atomic E-state index is 10.4. The molecule has 8 heteroatoms. The van der Waals surface area contributed by atoms with Gasteiger partial charge in [-0.2, -0.15) is 13.7 Å². The molecule has 0 amide bonds. The quantitative estimate of drug-likeness (QED) is 0.808. The summed E-state index contributed by atoms with van der Waals surface area (Å²) in [5, 5.41) is 12.0. The molecule has 1 aromatic carbocycles. The number of aromatic nitrogens is 2. The molecule has 0 radical (unpaired) electrons. The molecular formula is C14H16N4O3S. The van der Waals surface area contributed by atoms with Gasteiger partial charge in [0.2, 0.25) is 5.82 Å². The Morgan fingerprint density at radius 2 is 2.05 bits per heavy atom. The smallest absolute Gasteiger partial charge is 0.294 e. The molecule has 0 saturated heterocycles. The van der Waals surface area contributed by atoms with Gasteiger partial charge in [-0.25, -0.2) is 4.98 Å². The zero-order chi connectivity index (χ0) is 16.2. The summed E-state index contributed by atoms with van der Waals surface area (Å²) in [7, 11) is -4.00. The van der Waals surface area contributed by atoms with E-state index < -0.39 is 10.1 Å². The number of rotatable bonds is 2. The van der Waals surface area contributed by atoms with E-state index in [2.05, 4.69) is 16.4 Å². The highest BCUT2D eigenvalue weighted by Gasteiger charge is 2.19. The van der Waals surface area contributed by atoms with E-state index in [1.54, 1.807) is 18.2 Å². The zero-order valence-corrected chi connectivity index (χ0v) is 12.8. The van der Waals surface area contributed by atoms with Gasteiger partial charge in [0.1, 0.15) is 6.07 Å². The molecule has 116 valence electrons. The number of hydrogen-bond donors (Lipinski definition) is 2. The van der Waals surface area contributed by atoms with E-state index in [0.717, 1.165) is 25.3 Å². The Balaban J connectivity index is 0.000000164. The van der Waals surface area contributed by atoms with Crippen LogP contribution < -0.4 is 5.32 Å². The zero-order valence-electron chi connectivity index (χ0n) is 12.0. The molecule has 0 atom stereocenters. The summed E-state index contributed by atoms with van der Waals surface area (Å²) in [6.45, 7) is 4.50. The predicted octanol–water partition coefficient (Wildman–Crippen LogP) is 1.31. The number of imidazole rings is 1. The largest absolute Gasteiger partial charge is 0.318 e. The second-order valence-electron chi connectivity index (χ2n) is 4.58. The van der Waals surface area contributed by atoms with Crippen molar-refractivity contribution in [3.05, 3.63) is 47.5 Å². The first-order valence-corrected chi connectivity index (χ1v) is 8.13. The molecule has 1 aliphatic rings. The standard InChI is InChI=1S/C8H10N4.C6H6O3S/c1-2-12-7-5-10-4-6(7)11-8(12)3-9;7-10(8,9)6-4-2-1-3-5-6/h10H,2,4-5H2,1H3;1-5H,(H,7,8,9). The highest BCUT2D eigenvalue weighted by Crippen LogP contribution is 2.16. The Hall–Kier alpha value is -2.21. The van der Waals surface area contributed by atoms with Crippen LogP contribution in [-0.4, -0.2) is 22.5 Å². The molecule has 22 heavy (non-hydrogen) atoms. The van der Waals surface area contributed by atoms with Crippen molar-refractivity contribution in [3.63, 3.8) is 0 Å². The van der Waals surface area contributed by atoms with Crippen molar-refractivity contribution in [2.75, 3.05) is 0 Å². The van der Waals surface area contributed by atoms with E-state index >= 15 is 0 Å². The summed E-state index contributed by atoms with van der Waals surface area (Å²) in [6, 6.07) is 9.52. The lowest BCUT2D eigenvalue weighted by Crippen LogP contribution is -2.08. The highest BCUT2D eigenvalue weighted by molar-refractivity contribution is 7.85. The molecule has 0 fully saturated rings. The van der Waals surface area contributed by atoms with Crippen LogP contribution in [0.2, 0.25) is 0 Å². The van der Waals surface area contributed by atoms with Gasteiger partial charge in [0.05, 0.1) is 16.3 Å². The van der Waals surface area contributed by atoms with E-state index in [4.69, 9.17) is 9.81 Å². The lowest BCUT2D eigenvalue weighted by Gasteiger charge is -2.01. The van der Waals surface area contributed by atoms with E-state index in [1.165, 1.54) is 17.8 Å². The molecule has 0 aliphatic carbocycles. The van der Waals surface area contributed by atoms with Crippen molar-refractivity contribution in [2.45, 2.75) is 31.5 Å². The fourth-order valence-corrected chi connectivity index (χ4v) is 2.69. The van der Waals surface area contributed by atoms with E-state index in [1.807, 2.05) is 11.5 Å². The number of hydrogen-bond acceptors (Lipinski definition) is 5. The van der Waals surface area contributed by atoms with Crippen molar-refractivity contribution < 1.29 is 13.0 Å². The first-order valence-electron chi connectivity index (χ1n) is 6.69. The van der Waals surface area contributed by atoms with Crippen LogP contribution in [0.15, 0.2) is 35.2 Å². The van der Waals surface area contributed by atoms with Crippen LogP contribution in [-0.2, 0) is 29.8 Å². The first kappa shape index (κ1) is 16.2. The van der Waals surface area contributed by atoms with E-state index in [0.29, 0.717) is 5.82 Å². The van der Waals surface area contributed by atoms with Crippen molar-refractivity contribution in [1.82, 2.24) is 14.9 Å². The molecule has 2 N–H and O–H groups in total. The molecule has 0 unspecified atom stereocenters. The molecule has 0 saturated carbocycles. The maximum Gasteiger partial charge on any atom is 0.294 e. The minimum atomic E-state index is -4.00. The van der Waals surface area contributed by atoms with Gasteiger partial charge < -0.3 is 9.88 Å². The van der Waals surface area contributed by atoms with Gasteiger partial charge in [0.15, 0.2) is 0 Å². The van der Waals surface area contributed by atoms with Gasteiger partial charge in [-0.3, -0.25) is 4.55 Å². The van der Waals surface area contributed by atoms with Gasteiger partial charge in [-0.1, -0.05) is 18.2 Å². The van der Waals surface area contributed by atoms with Crippen molar-refractivity contribution in [3.8, 4) is 6.07 Å². The monoisotopic (exact) mass is 320 g/mol. The van der Waals surface area contributed by atoms with Crippen LogP contribution in [0.4, 0.5) is 0 Å². The van der Waals surface area contributed by atoms with Crippen LogP contribution >= 0.6 is 0 Å². The summed E-state index contributed by atoms with van der Waals surface area (Å²) in [4.78, 5) is 4.15. The van der Waals surface area contributed by atoms with Crippen LogP contribution in [0, 0.1) is 11.3 Å². The molecule has 1 aliphatic heterocycles. The van der Waals surface area contributed by atoms with E-state index in [-0.39, 0.29) is 4.90 Å². The molecule has 0 bridgehead atoms. The van der Waals surface area contributed by atoms with Gasteiger partial charge in [-0.15, -0.1) is 0 Å². The second kappa shape index (κ2) is 6.70. The Morgan fingerprint density at radius 3 is 2.55 bits per heavy atom. The topological polar surface area (TPSA) is 108 Å². The van der Waals surface area contributed by atoms with Crippen molar-refractivity contribution in [1.29, 1.82) is 5.26 Å². The average Bonchev–Trinajstić information content (AvgIpc) is 3.07. The second-order valence-corrected chi connectivity index (χ2v) is 6.00. The molecule has 7 nitrogen and oxygen atoms in total. The molecule has 0 spiro atoms. The third-order valence-electron chi connectivity index (χ3n) is 3.20. The minimum Gasteiger partial charge on any atom is -0.318 e. The Kier molecular flexibility index (Phi) is 4.92. The molecule has 3 rings (SSSR count). The van der Waals surface area contributed by atoms with Gasteiger partial charge in [0.25, 0.3) is 10.1 Å². The highest BCUT2D eigenvalue weighted by atomic mass is 32.2. The third-order valence-corrected chi connectivity index (χ3v) is 4.07. The van der Waals surface area contributed by atoms with Gasteiger partial charge in [-0.05, 0) is 19.1 Å². The predicted molar refractivity (Wildman–Crippen MR) is 79.4 cm³/mol. The maximum absolute atomic E-state index is 10.4. The summed E-state index contributed by atoms with van der Waals surface area (Å²) in [5.74, 6) is 0.545. The van der Waals surface area contributed by atoms with Crippen LogP contribution in [0.3, 0.4) is 0 Å². The average molecular weight is 320 g/mol. The summed E-state index contributed by atoms with van der Waals surface area (Å²) in [6.07, 6.45) is 0. The molecule has 2 heterocycles. The third kappa shape index (κ3) is 3.51. The number of benzene rings is 1. The lowest BCUT2D eigenvalue weighted by molar-refractivity contribution is 0.483. The Morgan fingerprint density at radius 1 is 1.36 bits per heavy atom. The van der Waals surface area contributed by atoms with Gasteiger partial charge in [0, 0.05) is 19.6 Å². The lowest BCUT2D eigenvalue weighted by atomic mass is 10.4. The minimum absolute atomic E-state index is 0.0741. The fourth-order valence-electron chi connectivity index (χ4n) is 2.19. The summed E-state index contributed by atoms with van der Waals surface area (Å²) < 4.78 is 31.2. The van der Waals surface area contributed by atoms with Crippen LogP contribution in [0.25, 0.3) is 0 Å². The fraction of sp³-hybridized carbons (Fsp3) is 0.286. The summed E-state index contributed by atoms with van der Waals surface area (Å²) >= 11 is 0. The molecule has 1 aromatic heterocycles. The number of nitrogens with zero attached hydrogens (tertiary/aromatic N) is 3. The Bertz CT molecular complexity index is 791. The SMILES string of the molecule is CCn1c(C#N)nc2c1CNC2.O=S(=O)(O)c1ccccc1. The van der Waals surface area contributed by atoms with Crippen LogP contribution in [0.1, 0.15) is 24.1 Å². The molecular weight excluding hydrogens is 304 g/mol. The summed E-state index contributed by atoms with van der Waals surface area (Å²) in [5.41, 5.74) is 2.21. The van der Waals surface area contributed by atoms with Crippen molar-refractivity contribution in [2.24, 2.45) is 0 Å². The van der Waals surface area contributed by atoms with Crippen LogP contribution in [0.5, 0.6) is 0 Å². The van der Waals surface area contributed by atoms with Crippen molar-refractivity contribution >= 4 is 10.1 Å². The first-order chi connectivity index (χ1) is 10.5. The number of nitriles is 1. The normalized spacial score (nSPS) is 13.0.